The van der Waals surface area contributed by atoms with Crippen LogP contribution < -0.4 is 17.2 Å². The molecule has 0 radical (unpaired) electrons. The molecule has 0 saturated heterocycles. The van der Waals surface area contributed by atoms with E-state index in [2.05, 4.69) is 4.99 Å². The molecule has 0 atom stereocenters. The van der Waals surface area contributed by atoms with E-state index in [0.29, 0.717) is 0 Å². The molecule has 0 aromatic rings. The van der Waals surface area contributed by atoms with Gasteiger partial charge in [-0.1, -0.05) is 77.0 Å². The van der Waals surface area contributed by atoms with Gasteiger partial charge in [-0.2, -0.15) is 0 Å². The normalized spacial score (nSPS) is 10.7. The molecule has 6 N–H and O–H groups in total. The topological polar surface area (TPSA) is 90.4 Å². The number of rotatable bonds is 16. The molecule has 0 aliphatic heterocycles. The molecule has 126 valence electrons. The van der Waals surface area contributed by atoms with Crippen molar-refractivity contribution in [2.24, 2.45) is 22.2 Å². The quantitative estimate of drug-likeness (QED) is 0.231. The van der Waals surface area contributed by atoms with Gasteiger partial charge in [0, 0.05) is 6.54 Å². The van der Waals surface area contributed by atoms with Gasteiger partial charge in [-0.3, -0.25) is 4.99 Å². The molecule has 0 amide bonds. The molecule has 0 aromatic heterocycles. The zero-order valence-electron chi connectivity index (χ0n) is 14.0. The Bertz CT molecular complexity index is 225. The van der Waals surface area contributed by atoms with Crippen molar-refractivity contribution < 1.29 is 0 Å². The summed E-state index contributed by atoms with van der Waals surface area (Å²) in [5.41, 5.74) is 16.0. The number of hydrogen-bond acceptors (Lipinski definition) is 2. The average Bonchev–Trinajstić information content (AvgIpc) is 2.46. The van der Waals surface area contributed by atoms with Crippen molar-refractivity contribution in [3.05, 3.63) is 0 Å². The van der Waals surface area contributed by atoms with Crippen LogP contribution in [0.5, 0.6) is 0 Å². The third-order valence-electron chi connectivity index (χ3n) is 3.91. The molecule has 0 aromatic carbocycles. The second-order valence-corrected chi connectivity index (χ2v) is 6.05. The fourth-order valence-electron chi connectivity index (χ4n) is 2.59. The molecule has 0 unspecified atom stereocenters. The first kappa shape index (κ1) is 20.2. The summed E-state index contributed by atoms with van der Waals surface area (Å²) < 4.78 is 0. The Balaban J connectivity index is 2.98. The summed E-state index contributed by atoms with van der Waals surface area (Å²) in [5.74, 6) is 0.217. The van der Waals surface area contributed by atoms with E-state index in [1.165, 1.54) is 83.5 Å². The predicted molar refractivity (Wildman–Crippen MR) is 94.4 cm³/mol. The Labute approximate surface area is 131 Å². The predicted octanol–water partition coefficient (Wildman–Crippen LogP) is 3.68. The molecule has 0 aliphatic rings. The summed E-state index contributed by atoms with van der Waals surface area (Å²) in [5, 5.41) is 0. The van der Waals surface area contributed by atoms with Gasteiger partial charge in [0.05, 0.1) is 0 Å². The van der Waals surface area contributed by atoms with E-state index in [1.807, 2.05) is 0 Å². The fourth-order valence-corrected chi connectivity index (χ4v) is 2.59. The molecular weight excluding hydrogens is 260 g/mol. The first-order valence-electron chi connectivity index (χ1n) is 9.03. The molecule has 0 bridgehead atoms. The van der Waals surface area contributed by atoms with Crippen LogP contribution in [0.4, 0.5) is 0 Å². The fraction of sp³-hybridized carbons (Fsp3) is 0.941. The molecule has 21 heavy (non-hydrogen) atoms. The van der Waals surface area contributed by atoms with E-state index in [9.17, 15) is 0 Å². The van der Waals surface area contributed by atoms with Gasteiger partial charge in [-0.05, 0) is 19.4 Å². The second kappa shape index (κ2) is 17.3. The Morgan fingerprint density at radius 1 is 0.524 bits per heavy atom. The van der Waals surface area contributed by atoms with Crippen LogP contribution in [0.1, 0.15) is 89.9 Å². The standard InChI is InChI=1S/C17H38N4/c18-15-13-11-9-7-5-3-1-2-4-6-8-10-12-14-16-21-17(19)20/h1-16,18H2,(H4,19,20,21). The molecule has 0 fully saturated rings. The van der Waals surface area contributed by atoms with Gasteiger partial charge in [0.1, 0.15) is 0 Å². The van der Waals surface area contributed by atoms with Crippen molar-refractivity contribution in [2.45, 2.75) is 89.9 Å². The lowest BCUT2D eigenvalue weighted by molar-refractivity contribution is 0.535. The maximum atomic E-state index is 5.48. The minimum atomic E-state index is 0.217. The largest absolute Gasteiger partial charge is 0.370 e. The highest BCUT2D eigenvalue weighted by molar-refractivity contribution is 5.75. The minimum Gasteiger partial charge on any atom is -0.370 e. The van der Waals surface area contributed by atoms with Gasteiger partial charge < -0.3 is 17.2 Å². The van der Waals surface area contributed by atoms with E-state index in [0.717, 1.165) is 19.5 Å². The smallest absolute Gasteiger partial charge is 0.185 e. The van der Waals surface area contributed by atoms with E-state index >= 15 is 0 Å². The first-order chi connectivity index (χ1) is 10.3. The SMILES string of the molecule is NCCCCCCCCCCCCCCCCN=C(N)N. The van der Waals surface area contributed by atoms with Crippen LogP contribution >= 0.6 is 0 Å². The highest BCUT2D eigenvalue weighted by atomic mass is 15.0. The van der Waals surface area contributed by atoms with Gasteiger partial charge in [0.25, 0.3) is 0 Å². The molecule has 4 nitrogen and oxygen atoms in total. The lowest BCUT2D eigenvalue weighted by Crippen LogP contribution is -2.22. The van der Waals surface area contributed by atoms with Crippen molar-refractivity contribution >= 4 is 5.96 Å². The third-order valence-corrected chi connectivity index (χ3v) is 3.91. The minimum absolute atomic E-state index is 0.217. The maximum absolute atomic E-state index is 5.48. The van der Waals surface area contributed by atoms with Crippen LogP contribution in [0.3, 0.4) is 0 Å². The summed E-state index contributed by atoms with van der Waals surface area (Å²) in [6.07, 6.45) is 18.8. The van der Waals surface area contributed by atoms with Crippen molar-refractivity contribution in [2.75, 3.05) is 13.1 Å². The lowest BCUT2D eigenvalue weighted by Gasteiger charge is -2.03. The zero-order valence-corrected chi connectivity index (χ0v) is 14.0. The monoisotopic (exact) mass is 298 g/mol. The maximum Gasteiger partial charge on any atom is 0.185 e. The molecule has 0 aliphatic carbocycles. The molecule has 0 saturated carbocycles. The first-order valence-corrected chi connectivity index (χ1v) is 9.03. The molecular formula is C17H38N4. The van der Waals surface area contributed by atoms with Crippen molar-refractivity contribution in [1.29, 1.82) is 0 Å². The molecule has 0 rings (SSSR count). The highest BCUT2D eigenvalue weighted by Crippen LogP contribution is 2.12. The van der Waals surface area contributed by atoms with Crippen LogP contribution in [0, 0.1) is 0 Å². The van der Waals surface area contributed by atoms with Crippen LogP contribution in [0.2, 0.25) is 0 Å². The van der Waals surface area contributed by atoms with Gasteiger partial charge in [-0.15, -0.1) is 0 Å². The van der Waals surface area contributed by atoms with E-state index < -0.39 is 0 Å². The highest BCUT2D eigenvalue weighted by Gasteiger charge is 1.94. The van der Waals surface area contributed by atoms with Crippen molar-refractivity contribution in [1.82, 2.24) is 0 Å². The molecule has 0 spiro atoms. The van der Waals surface area contributed by atoms with Gasteiger partial charge in [0.15, 0.2) is 5.96 Å². The summed E-state index contributed by atoms with van der Waals surface area (Å²) >= 11 is 0. The zero-order chi connectivity index (χ0) is 15.6. The Hall–Kier alpha value is -0.770. The van der Waals surface area contributed by atoms with Gasteiger partial charge in [-0.25, -0.2) is 0 Å². The number of nitrogens with zero attached hydrogens (tertiary/aromatic N) is 1. The lowest BCUT2D eigenvalue weighted by atomic mass is 10.0. The number of guanidine groups is 1. The Morgan fingerprint density at radius 3 is 1.19 bits per heavy atom. The number of aliphatic imine (C=N–C) groups is 1. The van der Waals surface area contributed by atoms with Crippen LogP contribution in [0.15, 0.2) is 4.99 Å². The van der Waals surface area contributed by atoms with E-state index in [-0.39, 0.29) is 5.96 Å². The van der Waals surface area contributed by atoms with Crippen molar-refractivity contribution in [3.63, 3.8) is 0 Å². The van der Waals surface area contributed by atoms with Crippen LogP contribution in [-0.4, -0.2) is 19.0 Å². The number of nitrogens with two attached hydrogens (primary N) is 3. The van der Waals surface area contributed by atoms with Crippen LogP contribution in [-0.2, 0) is 0 Å². The Morgan fingerprint density at radius 2 is 0.857 bits per heavy atom. The number of unbranched alkanes of at least 4 members (excludes halogenated alkanes) is 13. The van der Waals surface area contributed by atoms with E-state index in [4.69, 9.17) is 17.2 Å². The summed E-state index contributed by atoms with van der Waals surface area (Å²) in [4.78, 5) is 3.99. The number of hydrogen-bond donors (Lipinski definition) is 3. The van der Waals surface area contributed by atoms with Gasteiger partial charge >= 0.3 is 0 Å². The summed E-state index contributed by atoms with van der Waals surface area (Å²) in [6.45, 7) is 1.64. The second-order valence-electron chi connectivity index (χ2n) is 6.05. The summed E-state index contributed by atoms with van der Waals surface area (Å²) in [6, 6.07) is 0. The van der Waals surface area contributed by atoms with E-state index in [1.54, 1.807) is 0 Å². The average molecular weight is 299 g/mol. The third kappa shape index (κ3) is 19.2. The summed E-state index contributed by atoms with van der Waals surface area (Å²) in [7, 11) is 0. The molecule has 0 heterocycles. The molecule has 4 heteroatoms. The van der Waals surface area contributed by atoms with Gasteiger partial charge in [0.2, 0.25) is 0 Å². The van der Waals surface area contributed by atoms with Crippen molar-refractivity contribution in [3.8, 4) is 0 Å². The Kier molecular flexibility index (Phi) is 16.6. The van der Waals surface area contributed by atoms with Crippen LogP contribution in [0.25, 0.3) is 0 Å².